The number of thioether (sulfide) groups is 1. The number of hydrogen-bond donors (Lipinski definition) is 1. The molecule has 0 radical (unpaired) electrons. The van der Waals surface area contributed by atoms with Crippen molar-refractivity contribution in [2.24, 2.45) is 5.73 Å². The van der Waals surface area contributed by atoms with E-state index in [4.69, 9.17) is 21.9 Å². The number of nitrogens with zero attached hydrogens (tertiary/aromatic N) is 2. The molecule has 1 amide bonds. The van der Waals surface area contributed by atoms with Gasteiger partial charge in [0, 0.05) is 32.7 Å². The summed E-state index contributed by atoms with van der Waals surface area (Å²) in [6.45, 7) is 6.42. The fourth-order valence-corrected chi connectivity index (χ4v) is 4.65. The molecule has 0 bridgehead atoms. The molecular formula is C25H27Cl2N3O3S. The zero-order chi connectivity index (χ0) is 23.8. The maximum Gasteiger partial charge on any atom is 0.245 e. The molecule has 0 saturated carbocycles. The molecule has 1 aromatic heterocycles. The Morgan fingerprint density at radius 3 is 2.56 bits per heavy atom. The van der Waals surface area contributed by atoms with E-state index < -0.39 is 6.04 Å². The van der Waals surface area contributed by atoms with Crippen molar-refractivity contribution in [3.63, 3.8) is 0 Å². The van der Waals surface area contributed by atoms with Crippen molar-refractivity contribution < 1.29 is 14.1 Å². The van der Waals surface area contributed by atoms with Crippen LogP contribution in [0.2, 0.25) is 5.02 Å². The number of amides is 1. The van der Waals surface area contributed by atoms with Crippen LogP contribution in [0.1, 0.15) is 48.1 Å². The SMILES string of the molecule is CC(C)(C)c1cc(CC(=O)c2ccc3c(c2)N(Cc2ccc(Cl)cc2)C(=O)[C@@H](N)CS3)no1.Cl. The second kappa shape index (κ2) is 10.5. The van der Waals surface area contributed by atoms with Gasteiger partial charge in [-0.2, -0.15) is 0 Å². The predicted octanol–water partition coefficient (Wildman–Crippen LogP) is 5.44. The van der Waals surface area contributed by atoms with E-state index in [2.05, 4.69) is 5.16 Å². The lowest BCUT2D eigenvalue weighted by Gasteiger charge is -2.25. The van der Waals surface area contributed by atoms with Crippen LogP contribution in [-0.2, 0) is 23.2 Å². The first-order valence-electron chi connectivity index (χ1n) is 10.7. The van der Waals surface area contributed by atoms with Gasteiger partial charge < -0.3 is 15.2 Å². The third-order valence-corrected chi connectivity index (χ3v) is 6.90. The minimum absolute atomic E-state index is 0. The van der Waals surface area contributed by atoms with Crippen LogP contribution in [0.15, 0.2) is 57.9 Å². The Kier molecular flexibility index (Phi) is 8.14. The molecule has 0 fully saturated rings. The molecule has 0 saturated heterocycles. The fourth-order valence-electron chi connectivity index (χ4n) is 3.54. The van der Waals surface area contributed by atoms with Gasteiger partial charge in [0.25, 0.3) is 0 Å². The molecule has 1 aliphatic heterocycles. The minimum atomic E-state index is -0.625. The number of carbonyl (C=O) groups is 2. The van der Waals surface area contributed by atoms with Gasteiger partial charge in [0.2, 0.25) is 5.91 Å². The van der Waals surface area contributed by atoms with Crippen LogP contribution in [0.25, 0.3) is 0 Å². The van der Waals surface area contributed by atoms with Crippen LogP contribution in [0, 0.1) is 0 Å². The number of nitrogens with two attached hydrogens (primary N) is 1. The van der Waals surface area contributed by atoms with Crippen LogP contribution in [-0.4, -0.2) is 28.6 Å². The Morgan fingerprint density at radius 2 is 1.91 bits per heavy atom. The third kappa shape index (κ3) is 5.84. The molecule has 0 spiro atoms. The first-order valence-corrected chi connectivity index (χ1v) is 12.1. The summed E-state index contributed by atoms with van der Waals surface area (Å²) in [7, 11) is 0. The highest BCUT2D eigenvalue weighted by Crippen LogP contribution is 2.36. The fraction of sp³-hybridized carbons (Fsp3) is 0.320. The van der Waals surface area contributed by atoms with Gasteiger partial charge in [-0.1, -0.05) is 55.7 Å². The molecule has 4 rings (SSSR count). The summed E-state index contributed by atoms with van der Waals surface area (Å²) in [5.74, 6) is 0.943. The van der Waals surface area contributed by atoms with Gasteiger partial charge in [-0.15, -0.1) is 24.2 Å². The van der Waals surface area contributed by atoms with Gasteiger partial charge in [0.15, 0.2) is 5.78 Å². The van der Waals surface area contributed by atoms with Crippen LogP contribution >= 0.6 is 35.8 Å². The molecule has 0 unspecified atom stereocenters. The van der Waals surface area contributed by atoms with Crippen molar-refractivity contribution in [3.05, 3.63) is 76.1 Å². The number of aromatic nitrogens is 1. The number of benzene rings is 2. The Hall–Kier alpha value is -2.32. The van der Waals surface area contributed by atoms with Crippen LogP contribution < -0.4 is 10.6 Å². The Labute approximate surface area is 214 Å². The predicted molar refractivity (Wildman–Crippen MR) is 138 cm³/mol. The Morgan fingerprint density at radius 1 is 1.21 bits per heavy atom. The number of carbonyl (C=O) groups excluding carboxylic acids is 2. The standard InChI is InChI=1S/C25H26ClN3O3S.ClH/c1-25(2,3)23-12-18(28-32-23)11-21(30)16-6-9-22-20(10-16)29(24(31)19(27)14-33-22)13-15-4-7-17(26)8-5-15;/h4-10,12,19H,11,13-14,27H2,1-3H3;1H/t19-;/m0./s1. The van der Waals surface area contributed by atoms with Crippen LogP contribution in [0.5, 0.6) is 0 Å². The summed E-state index contributed by atoms with van der Waals surface area (Å²) in [4.78, 5) is 28.7. The highest BCUT2D eigenvalue weighted by molar-refractivity contribution is 7.99. The first kappa shape index (κ1) is 26.3. The number of halogens is 2. The van der Waals surface area contributed by atoms with Crippen molar-refractivity contribution in [1.29, 1.82) is 0 Å². The lowest BCUT2D eigenvalue weighted by atomic mass is 9.93. The van der Waals surface area contributed by atoms with E-state index in [0.717, 1.165) is 16.2 Å². The van der Waals surface area contributed by atoms with Gasteiger partial charge in [-0.05, 0) is 29.8 Å². The molecule has 3 aromatic rings. The quantitative estimate of drug-likeness (QED) is 0.451. The van der Waals surface area contributed by atoms with E-state index in [1.165, 1.54) is 11.8 Å². The van der Waals surface area contributed by atoms with Crippen molar-refractivity contribution in [2.45, 2.75) is 50.1 Å². The number of fused-ring (bicyclic) bond motifs is 1. The van der Waals surface area contributed by atoms with E-state index in [1.54, 1.807) is 29.2 Å². The van der Waals surface area contributed by atoms with E-state index in [9.17, 15) is 9.59 Å². The molecule has 1 aliphatic rings. The van der Waals surface area contributed by atoms with Crippen molar-refractivity contribution in [3.8, 4) is 0 Å². The largest absolute Gasteiger partial charge is 0.361 e. The van der Waals surface area contributed by atoms with E-state index >= 15 is 0 Å². The average molecular weight is 520 g/mol. The number of rotatable bonds is 5. The molecular weight excluding hydrogens is 493 g/mol. The van der Waals surface area contributed by atoms with Crippen molar-refractivity contribution in [2.75, 3.05) is 10.7 Å². The summed E-state index contributed by atoms with van der Waals surface area (Å²) < 4.78 is 5.41. The summed E-state index contributed by atoms with van der Waals surface area (Å²) in [5.41, 5.74) is 8.67. The summed E-state index contributed by atoms with van der Waals surface area (Å²) in [5, 5.41) is 4.69. The smallest absolute Gasteiger partial charge is 0.245 e. The number of Topliss-reactive ketones (excluding diaryl/α,β-unsaturated/α-hetero) is 1. The highest BCUT2D eigenvalue weighted by Gasteiger charge is 2.29. The molecule has 2 N–H and O–H groups in total. The van der Waals surface area contributed by atoms with E-state index in [1.807, 2.05) is 45.0 Å². The van der Waals surface area contributed by atoms with Crippen molar-refractivity contribution >= 4 is 53.1 Å². The number of anilines is 1. The Bertz CT molecular complexity index is 1190. The van der Waals surface area contributed by atoms with Gasteiger partial charge in [-0.25, -0.2) is 0 Å². The normalized spacial score (nSPS) is 16.0. The number of hydrogen-bond acceptors (Lipinski definition) is 6. The maximum atomic E-state index is 13.1. The molecule has 9 heteroatoms. The van der Waals surface area contributed by atoms with Gasteiger partial charge in [0.05, 0.1) is 30.4 Å². The Balaban J connectivity index is 0.00000324. The average Bonchev–Trinajstić information content (AvgIpc) is 3.21. The van der Waals surface area contributed by atoms with Crippen LogP contribution in [0.3, 0.4) is 0 Å². The molecule has 6 nitrogen and oxygen atoms in total. The molecule has 34 heavy (non-hydrogen) atoms. The lowest BCUT2D eigenvalue weighted by molar-refractivity contribution is -0.119. The molecule has 180 valence electrons. The molecule has 0 aliphatic carbocycles. The zero-order valence-corrected chi connectivity index (χ0v) is 21.6. The van der Waals surface area contributed by atoms with Gasteiger partial charge in [0.1, 0.15) is 5.76 Å². The van der Waals surface area contributed by atoms with Gasteiger partial charge in [-0.3, -0.25) is 9.59 Å². The topological polar surface area (TPSA) is 89.4 Å². The second-order valence-corrected chi connectivity index (χ2v) is 10.7. The number of ketones is 1. The van der Waals surface area contributed by atoms with E-state index in [-0.39, 0.29) is 35.9 Å². The monoisotopic (exact) mass is 519 g/mol. The molecule has 2 heterocycles. The molecule has 2 aromatic carbocycles. The maximum absolute atomic E-state index is 13.1. The van der Waals surface area contributed by atoms with Crippen LogP contribution in [0.4, 0.5) is 5.69 Å². The highest BCUT2D eigenvalue weighted by atomic mass is 35.5. The summed E-state index contributed by atoms with van der Waals surface area (Å²) in [6, 6.07) is 14.0. The summed E-state index contributed by atoms with van der Waals surface area (Å²) >= 11 is 7.53. The van der Waals surface area contributed by atoms with Crippen molar-refractivity contribution in [1.82, 2.24) is 5.16 Å². The first-order chi connectivity index (χ1) is 15.6. The second-order valence-electron chi connectivity index (χ2n) is 9.18. The molecule has 1 atom stereocenters. The zero-order valence-electron chi connectivity index (χ0n) is 19.2. The lowest BCUT2D eigenvalue weighted by Crippen LogP contribution is -2.44. The van der Waals surface area contributed by atoms with Gasteiger partial charge >= 0.3 is 0 Å². The third-order valence-electron chi connectivity index (χ3n) is 5.47. The minimum Gasteiger partial charge on any atom is -0.361 e. The van der Waals surface area contributed by atoms with E-state index in [0.29, 0.717) is 34.3 Å². The summed E-state index contributed by atoms with van der Waals surface area (Å²) in [6.07, 6.45) is 0.121.